The lowest BCUT2D eigenvalue weighted by Crippen LogP contribution is -2.42. The third-order valence-electron chi connectivity index (χ3n) is 5.33. The first-order valence-corrected chi connectivity index (χ1v) is 10.6. The third-order valence-corrected chi connectivity index (χ3v) is 5.33. The third kappa shape index (κ3) is 4.49. The lowest BCUT2D eigenvalue weighted by Gasteiger charge is -2.30. The average molecular weight is 434 g/mol. The topological polar surface area (TPSA) is 105 Å². The van der Waals surface area contributed by atoms with Gasteiger partial charge in [0.2, 0.25) is 0 Å². The van der Waals surface area contributed by atoms with E-state index in [-0.39, 0.29) is 11.7 Å². The van der Waals surface area contributed by atoms with Gasteiger partial charge in [0.1, 0.15) is 34.4 Å². The fourth-order valence-corrected chi connectivity index (χ4v) is 3.64. The minimum absolute atomic E-state index is 0.00614. The number of allylic oxidation sites excluding steroid dienone is 1. The first-order chi connectivity index (χ1) is 15.3. The van der Waals surface area contributed by atoms with Crippen LogP contribution in [0.1, 0.15) is 53.6 Å². The maximum atomic E-state index is 12.7. The molecule has 8 heteroatoms. The normalized spacial score (nSPS) is 16.2. The molecule has 0 unspecified atom stereocenters. The SMILES string of the molecule is C/C=C\C(=N)NC(=O)c1cc(Oc2ccc(C(=O)N3CCC3)nc2)c2c(c1)OC(C)(C)C2. The molecule has 2 amide bonds. The zero-order valence-electron chi connectivity index (χ0n) is 18.4. The smallest absolute Gasteiger partial charge is 0.272 e. The summed E-state index contributed by atoms with van der Waals surface area (Å²) in [6.07, 6.45) is 6.32. The average Bonchev–Trinajstić information content (AvgIpc) is 3.01. The minimum atomic E-state index is -0.432. The van der Waals surface area contributed by atoms with Gasteiger partial charge < -0.3 is 19.7 Å². The van der Waals surface area contributed by atoms with Crippen LogP contribution in [-0.4, -0.2) is 46.2 Å². The highest BCUT2D eigenvalue weighted by Gasteiger charge is 2.34. The Morgan fingerprint density at radius 1 is 1.28 bits per heavy atom. The van der Waals surface area contributed by atoms with Crippen molar-refractivity contribution in [1.29, 1.82) is 5.41 Å². The van der Waals surface area contributed by atoms with E-state index in [1.165, 1.54) is 12.3 Å². The predicted octanol–water partition coefficient (Wildman–Crippen LogP) is 3.72. The summed E-state index contributed by atoms with van der Waals surface area (Å²) < 4.78 is 12.1. The van der Waals surface area contributed by atoms with Gasteiger partial charge in [0, 0.05) is 30.6 Å². The van der Waals surface area contributed by atoms with Crippen LogP contribution in [0.3, 0.4) is 0 Å². The molecule has 0 spiro atoms. The van der Waals surface area contributed by atoms with Crippen molar-refractivity contribution in [2.75, 3.05) is 13.1 Å². The van der Waals surface area contributed by atoms with Crippen LogP contribution in [0.15, 0.2) is 42.6 Å². The summed E-state index contributed by atoms with van der Waals surface area (Å²) in [6.45, 7) is 7.24. The van der Waals surface area contributed by atoms with Gasteiger partial charge in [-0.2, -0.15) is 0 Å². The number of hydrogen-bond donors (Lipinski definition) is 2. The zero-order chi connectivity index (χ0) is 22.9. The van der Waals surface area contributed by atoms with Gasteiger partial charge in [-0.15, -0.1) is 0 Å². The van der Waals surface area contributed by atoms with E-state index in [0.29, 0.717) is 34.9 Å². The standard InChI is InChI=1S/C24H26N4O4/c1-4-6-21(25)27-22(29)15-11-19(17-13-24(2,3)32-20(17)12-15)31-16-7-8-18(26-14-16)23(30)28-9-5-10-28/h4,6-8,11-12,14H,5,9-10,13H2,1-3H3,(H2,25,27,29)/b6-4-. The molecular formula is C24H26N4O4. The van der Waals surface area contributed by atoms with Crippen molar-refractivity contribution in [3.8, 4) is 17.2 Å². The molecule has 0 bridgehead atoms. The van der Waals surface area contributed by atoms with E-state index < -0.39 is 11.5 Å². The first-order valence-electron chi connectivity index (χ1n) is 10.6. The van der Waals surface area contributed by atoms with E-state index in [0.717, 1.165) is 25.1 Å². The number of hydrogen-bond acceptors (Lipinski definition) is 6. The number of likely N-dealkylation sites (tertiary alicyclic amines) is 1. The molecule has 1 saturated heterocycles. The van der Waals surface area contributed by atoms with Crippen LogP contribution in [-0.2, 0) is 6.42 Å². The number of nitrogens with zero attached hydrogens (tertiary/aromatic N) is 2. The molecule has 3 heterocycles. The highest BCUT2D eigenvalue weighted by atomic mass is 16.5. The molecular weight excluding hydrogens is 408 g/mol. The van der Waals surface area contributed by atoms with Gasteiger partial charge in [0.05, 0.1) is 6.20 Å². The number of amidine groups is 1. The van der Waals surface area contributed by atoms with Crippen LogP contribution < -0.4 is 14.8 Å². The van der Waals surface area contributed by atoms with Crippen LogP contribution in [0.5, 0.6) is 17.2 Å². The Hall–Kier alpha value is -3.68. The van der Waals surface area contributed by atoms with Crippen LogP contribution in [0.2, 0.25) is 0 Å². The maximum absolute atomic E-state index is 12.7. The molecule has 166 valence electrons. The second-order valence-corrected chi connectivity index (χ2v) is 8.48. The van der Waals surface area contributed by atoms with Crippen LogP contribution >= 0.6 is 0 Å². The lowest BCUT2D eigenvalue weighted by atomic mass is 9.99. The van der Waals surface area contributed by atoms with Crippen molar-refractivity contribution in [1.82, 2.24) is 15.2 Å². The van der Waals surface area contributed by atoms with Crippen molar-refractivity contribution in [2.45, 2.75) is 39.2 Å². The van der Waals surface area contributed by atoms with Crippen LogP contribution in [0.25, 0.3) is 0 Å². The highest BCUT2D eigenvalue weighted by molar-refractivity contribution is 6.09. The van der Waals surface area contributed by atoms with Gasteiger partial charge in [0.25, 0.3) is 11.8 Å². The van der Waals surface area contributed by atoms with Gasteiger partial charge in [-0.05, 0) is 57.5 Å². The van der Waals surface area contributed by atoms with Crippen molar-refractivity contribution in [3.63, 3.8) is 0 Å². The van der Waals surface area contributed by atoms with Crippen LogP contribution in [0, 0.1) is 5.41 Å². The van der Waals surface area contributed by atoms with E-state index in [1.807, 2.05) is 13.8 Å². The number of amides is 2. The van der Waals surface area contributed by atoms with Gasteiger partial charge in [-0.25, -0.2) is 4.98 Å². The molecule has 4 rings (SSSR count). The first kappa shape index (κ1) is 21.5. The van der Waals surface area contributed by atoms with Gasteiger partial charge in [0.15, 0.2) is 0 Å². The largest absolute Gasteiger partial charge is 0.487 e. The van der Waals surface area contributed by atoms with E-state index >= 15 is 0 Å². The number of nitrogens with one attached hydrogen (secondary N) is 2. The molecule has 1 fully saturated rings. The van der Waals surface area contributed by atoms with E-state index in [9.17, 15) is 9.59 Å². The highest BCUT2D eigenvalue weighted by Crippen LogP contribution is 2.42. The minimum Gasteiger partial charge on any atom is -0.487 e. The van der Waals surface area contributed by atoms with Crippen molar-refractivity contribution in [3.05, 3.63) is 59.4 Å². The van der Waals surface area contributed by atoms with E-state index in [4.69, 9.17) is 14.9 Å². The predicted molar refractivity (Wildman–Crippen MR) is 120 cm³/mol. The van der Waals surface area contributed by atoms with Gasteiger partial charge >= 0.3 is 0 Å². The number of carbonyl (C=O) groups is 2. The molecule has 0 radical (unpaired) electrons. The molecule has 8 nitrogen and oxygen atoms in total. The molecule has 0 saturated carbocycles. The molecule has 32 heavy (non-hydrogen) atoms. The summed E-state index contributed by atoms with van der Waals surface area (Å²) >= 11 is 0. The Morgan fingerprint density at radius 3 is 2.69 bits per heavy atom. The van der Waals surface area contributed by atoms with Gasteiger partial charge in [-0.1, -0.05) is 6.08 Å². The summed E-state index contributed by atoms with van der Waals surface area (Å²) in [6, 6.07) is 6.65. The van der Waals surface area contributed by atoms with Crippen molar-refractivity contribution >= 4 is 17.6 Å². The Morgan fingerprint density at radius 2 is 2.06 bits per heavy atom. The summed E-state index contributed by atoms with van der Waals surface area (Å²) in [5, 5.41) is 10.3. The summed E-state index contributed by atoms with van der Waals surface area (Å²) in [5.74, 6) is 1.00. The number of benzene rings is 1. The Labute approximate surface area is 186 Å². The Kier molecular flexibility index (Phi) is 5.69. The van der Waals surface area contributed by atoms with E-state index in [2.05, 4.69) is 10.3 Å². The molecule has 0 aliphatic carbocycles. The number of fused-ring (bicyclic) bond motifs is 1. The molecule has 1 aromatic heterocycles. The number of pyridine rings is 1. The molecule has 1 aromatic carbocycles. The van der Waals surface area contributed by atoms with Crippen LogP contribution in [0.4, 0.5) is 0 Å². The Balaban J connectivity index is 1.59. The molecule has 2 aliphatic rings. The van der Waals surface area contributed by atoms with Crippen molar-refractivity contribution < 1.29 is 19.1 Å². The van der Waals surface area contributed by atoms with E-state index in [1.54, 1.807) is 42.2 Å². The Bertz CT molecular complexity index is 1100. The maximum Gasteiger partial charge on any atom is 0.272 e. The number of ether oxygens (including phenoxy) is 2. The lowest BCUT2D eigenvalue weighted by molar-refractivity contribution is 0.0645. The second-order valence-electron chi connectivity index (χ2n) is 8.48. The quantitative estimate of drug-likeness (QED) is 0.551. The molecule has 0 atom stereocenters. The second kappa shape index (κ2) is 8.45. The number of aromatic nitrogens is 1. The number of carbonyl (C=O) groups excluding carboxylic acids is 2. The summed E-state index contributed by atoms with van der Waals surface area (Å²) in [4.78, 5) is 31.0. The zero-order valence-corrected chi connectivity index (χ0v) is 18.4. The van der Waals surface area contributed by atoms with Crippen molar-refractivity contribution in [2.24, 2.45) is 0 Å². The molecule has 2 aliphatic heterocycles. The fourth-order valence-electron chi connectivity index (χ4n) is 3.64. The molecule has 2 aromatic rings. The molecule has 2 N–H and O–H groups in total. The monoisotopic (exact) mass is 434 g/mol. The summed E-state index contributed by atoms with van der Waals surface area (Å²) in [5.41, 5.74) is 1.13. The number of rotatable bonds is 5. The van der Waals surface area contributed by atoms with Gasteiger partial charge in [-0.3, -0.25) is 15.0 Å². The summed E-state index contributed by atoms with van der Waals surface area (Å²) in [7, 11) is 0. The fraction of sp³-hybridized carbons (Fsp3) is 0.333.